The number of hydrogen-bond donors (Lipinski definition) is 1. The summed E-state index contributed by atoms with van der Waals surface area (Å²) in [5.41, 5.74) is 1.24. The number of piperazine rings is 1. The van der Waals surface area contributed by atoms with Crippen LogP contribution in [0.5, 0.6) is 0 Å². The Bertz CT molecular complexity index is 801. The van der Waals surface area contributed by atoms with Gasteiger partial charge in [0.1, 0.15) is 17.6 Å². The predicted octanol–water partition coefficient (Wildman–Crippen LogP) is 0.820. The first-order valence-corrected chi connectivity index (χ1v) is 7.88. The monoisotopic (exact) mass is 332 g/mol. The lowest BCUT2D eigenvalue weighted by Crippen LogP contribution is -2.59. The van der Waals surface area contributed by atoms with Crippen molar-refractivity contribution in [1.29, 1.82) is 0 Å². The van der Waals surface area contributed by atoms with E-state index in [1.807, 2.05) is 11.9 Å². The van der Waals surface area contributed by atoms with Gasteiger partial charge in [-0.15, -0.1) is 0 Å². The molecular formula is C17H21FN4O2. The van der Waals surface area contributed by atoms with E-state index in [1.165, 1.54) is 12.1 Å². The van der Waals surface area contributed by atoms with Crippen LogP contribution < -0.4 is 5.32 Å². The molecule has 3 rings (SSSR count). The maximum Gasteiger partial charge on any atom is 0.271 e. The molecule has 1 unspecified atom stereocenters. The van der Waals surface area contributed by atoms with Crippen LogP contribution in [0.4, 0.5) is 4.39 Å². The fourth-order valence-electron chi connectivity index (χ4n) is 3.23. The zero-order valence-electron chi connectivity index (χ0n) is 14.0. The van der Waals surface area contributed by atoms with Gasteiger partial charge in [-0.2, -0.15) is 0 Å². The molecule has 0 aliphatic carbocycles. The van der Waals surface area contributed by atoms with Gasteiger partial charge in [-0.25, -0.2) is 4.39 Å². The first-order chi connectivity index (χ1) is 11.4. The van der Waals surface area contributed by atoms with Crippen molar-refractivity contribution >= 4 is 22.7 Å². The second-order valence-electron chi connectivity index (χ2n) is 6.18. The molecule has 1 saturated heterocycles. The number of likely N-dealkylation sites (N-methyl/N-ethyl adjacent to an activating group) is 2. The van der Waals surface area contributed by atoms with E-state index in [2.05, 4.69) is 5.32 Å². The van der Waals surface area contributed by atoms with E-state index in [0.717, 1.165) is 5.52 Å². The molecule has 1 aromatic carbocycles. The molecule has 1 atom stereocenters. The maximum absolute atomic E-state index is 13.4. The Morgan fingerprint density at radius 2 is 1.96 bits per heavy atom. The van der Waals surface area contributed by atoms with E-state index in [9.17, 15) is 14.0 Å². The molecule has 1 aliphatic rings. The second kappa shape index (κ2) is 6.24. The van der Waals surface area contributed by atoms with Crippen molar-refractivity contribution < 1.29 is 14.0 Å². The van der Waals surface area contributed by atoms with E-state index in [0.29, 0.717) is 30.7 Å². The SMILES string of the molecule is CNC(=O)C1CN(C)CCN1C(=O)c1cc2cc(F)ccc2n1C. The first kappa shape index (κ1) is 16.4. The van der Waals surface area contributed by atoms with Crippen molar-refractivity contribution in [1.82, 2.24) is 19.7 Å². The first-order valence-electron chi connectivity index (χ1n) is 7.88. The Kier molecular flexibility index (Phi) is 4.28. The summed E-state index contributed by atoms with van der Waals surface area (Å²) in [6.07, 6.45) is 0. The van der Waals surface area contributed by atoms with Crippen LogP contribution in [0.1, 0.15) is 10.5 Å². The number of carbonyl (C=O) groups excluding carboxylic acids is 2. The fourth-order valence-corrected chi connectivity index (χ4v) is 3.23. The molecule has 128 valence electrons. The van der Waals surface area contributed by atoms with Gasteiger partial charge >= 0.3 is 0 Å². The molecule has 0 bridgehead atoms. The molecule has 6 nitrogen and oxygen atoms in total. The number of aryl methyl sites for hydroxylation is 1. The van der Waals surface area contributed by atoms with Crippen molar-refractivity contribution in [3.05, 3.63) is 35.8 Å². The summed E-state index contributed by atoms with van der Waals surface area (Å²) < 4.78 is 15.2. The van der Waals surface area contributed by atoms with Gasteiger partial charge in [0.2, 0.25) is 5.91 Å². The molecular weight excluding hydrogens is 311 g/mol. The minimum Gasteiger partial charge on any atom is -0.357 e. The summed E-state index contributed by atoms with van der Waals surface area (Å²) in [7, 11) is 5.27. The van der Waals surface area contributed by atoms with Gasteiger partial charge in [0.15, 0.2) is 0 Å². The smallest absolute Gasteiger partial charge is 0.271 e. The highest BCUT2D eigenvalue weighted by Gasteiger charge is 2.35. The zero-order chi connectivity index (χ0) is 17.4. The van der Waals surface area contributed by atoms with Crippen LogP contribution >= 0.6 is 0 Å². The topological polar surface area (TPSA) is 57.6 Å². The molecule has 24 heavy (non-hydrogen) atoms. The average molecular weight is 332 g/mol. The highest BCUT2D eigenvalue weighted by atomic mass is 19.1. The van der Waals surface area contributed by atoms with Gasteiger partial charge in [-0.1, -0.05) is 0 Å². The average Bonchev–Trinajstić information content (AvgIpc) is 2.89. The van der Waals surface area contributed by atoms with E-state index in [4.69, 9.17) is 0 Å². The third-order valence-corrected chi connectivity index (χ3v) is 4.62. The van der Waals surface area contributed by atoms with Crippen molar-refractivity contribution in [3.8, 4) is 0 Å². The van der Waals surface area contributed by atoms with E-state index in [1.54, 1.807) is 35.7 Å². The molecule has 1 aliphatic heterocycles. The summed E-state index contributed by atoms with van der Waals surface area (Å²) in [5, 5.41) is 3.30. The summed E-state index contributed by atoms with van der Waals surface area (Å²) >= 11 is 0. The van der Waals surface area contributed by atoms with Crippen molar-refractivity contribution in [2.45, 2.75) is 6.04 Å². The summed E-state index contributed by atoms with van der Waals surface area (Å²) in [4.78, 5) is 28.8. The Labute approximate surface area is 139 Å². The lowest BCUT2D eigenvalue weighted by atomic mass is 10.1. The van der Waals surface area contributed by atoms with E-state index >= 15 is 0 Å². The number of hydrogen-bond acceptors (Lipinski definition) is 3. The Morgan fingerprint density at radius 3 is 2.67 bits per heavy atom. The number of nitrogens with one attached hydrogen (secondary N) is 1. The summed E-state index contributed by atoms with van der Waals surface area (Å²) in [5.74, 6) is -0.731. The highest BCUT2D eigenvalue weighted by molar-refractivity contribution is 6.01. The van der Waals surface area contributed by atoms with Gasteiger partial charge in [0.05, 0.1) is 0 Å². The number of benzene rings is 1. The number of carbonyl (C=O) groups is 2. The van der Waals surface area contributed by atoms with Crippen LogP contribution in [-0.4, -0.2) is 66.0 Å². The van der Waals surface area contributed by atoms with Gasteiger partial charge in [-0.05, 0) is 31.3 Å². The van der Waals surface area contributed by atoms with E-state index in [-0.39, 0.29) is 17.6 Å². The lowest BCUT2D eigenvalue weighted by molar-refractivity contribution is -0.126. The van der Waals surface area contributed by atoms with Crippen LogP contribution in [-0.2, 0) is 11.8 Å². The highest BCUT2D eigenvalue weighted by Crippen LogP contribution is 2.22. The fraction of sp³-hybridized carbons (Fsp3) is 0.412. The zero-order valence-corrected chi connectivity index (χ0v) is 14.0. The van der Waals surface area contributed by atoms with Gasteiger partial charge in [0, 0.05) is 44.6 Å². The molecule has 0 spiro atoms. The summed E-state index contributed by atoms with van der Waals surface area (Å²) in [6, 6.07) is 5.59. The number of halogens is 1. The third-order valence-electron chi connectivity index (χ3n) is 4.62. The minimum absolute atomic E-state index is 0.181. The number of fused-ring (bicyclic) bond motifs is 1. The molecule has 1 fully saturated rings. The molecule has 7 heteroatoms. The standard InChI is InChI=1S/C17H21FN4O2/c1-19-16(23)15-10-20(2)6-7-22(15)17(24)14-9-11-8-12(18)4-5-13(11)21(14)3/h4-5,8-9,15H,6-7,10H2,1-3H3,(H,19,23). The third kappa shape index (κ3) is 2.75. The number of amides is 2. The van der Waals surface area contributed by atoms with Crippen LogP contribution in [0.25, 0.3) is 10.9 Å². The molecule has 2 aromatic rings. The van der Waals surface area contributed by atoms with Crippen LogP contribution in [0, 0.1) is 5.82 Å². The number of aromatic nitrogens is 1. The van der Waals surface area contributed by atoms with Gasteiger partial charge in [-0.3, -0.25) is 9.59 Å². The largest absolute Gasteiger partial charge is 0.357 e. The van der Waals surface area contributed by atoms with Crippen LogP contribution in [0.3, 0.4) is 0 Å². The van der Waals surface area contributed by atoms with Gasteiger partial charge in [0.25, 0.3) is 5.91 Å². The minimum atomic E-state index is -0.531. The molecule has 0 saturated carbocycles. The van der Waals surface area contributed by atoms with E-state index < -0.39 is 6.04 Å². The van der Waals surface area contributed by atoms with Gasteiger partial charge < -0.3 is 19.7 Å². The predicted molar refractivity (Wildman–Crippen MR) is 89.3 cm³/mol. The molecule has 0 radical (unpaired) electrons. The van der Waals surface area contributed by atoms with Crippen LogP contribution in [0.2, 0.25) is 0 Å². The Morgan fingerprint density at radius 1 is 1.21 bits per heavy atom. The van der Waals surface area contributed by atoms with Crippen molar-refractivity contribution in [3.63, 3.8) is 0 Å². The Balaban J connectivity index is 1.98. The van der Waals surface area contributed by atoms with Crippen molar-refractivity contribution in [2.75, 3.05) is 33.7 Å². The quantitative estimate of drug-likeness (QED) is 0.886. The Hall–Kier alpha value is -2.41. The number of rotatable bonds is 2. The molecule has 2 amide bonds. The maximum atomic E-state index is 13.4. The second-order valence-corrected chi connectivity index (χ2v) is 6.18. The summed E-state index contributed by atoms with van der Waals surface area (Å²) in [6.45, 7) is 1.67. The lowest BCUT2D eigenvalue weighted by Gasteiger charge is -2.38. The van der Waals surface area contributed by atoms with Crippen LogP contribution in [0.15, 0.2) is 24.3 Å². The van der Waals surface area contributed by atoms with Crippen molar-refractivity contribution in [2.24, 2.45) is 7.05 Å². The molecule has 1 aromatic heterocycles. The molecule has 1 N–H and O–H groups in total. The normalized spacial score (nSPS) is 18.8. The number of nitrogens with zero attached hydrogens (tertiary/aromatic N) is 3. The molecule has 2 heterocycles.